The minimum Gasteiger partial charge on any atom is -0.483 e. The molecule has 0 aromatic heterocycles. The van der Waals surface area contributed by atoms with Crippen molar-refractivity contribution in [1.29, 1.82) is 0 Å². The van der Waals surface area contributed by atoms with Crippen molar-refractivity contribution in [2.75, 3.05) is 12.3 Å². The van der Waals surface area contributed by atoms with Gasteiger partial charge in [0.1, 0.15) is 5.75 Å². The summed E-state index contributed by atoms with van der Waals surface area (Å²) in [5.41, 5.74) is 8.38. The highest BCUT2D eigenvalue weighted by atomic mass is 16.5. The molecule has 0 unspecified atom stereocenters. The van der Waals surface area contributed by atoms with Gasteiger partial charge in [-0.15, -0.1) is 0 Å². The van der Waals surface area contributed by atoms with E-state index in [1.165, 1.54) is 0 Å². The smallest absolute Gasteiger partial charge is 0.258 e. The van der Waals surface area contributed by atoms with Gasteiger partial charge in [-0.2, -0.15) is 0 Å². The first kappa shape index (κ1) is 11.8. The highest BCUT2D eigenvalue weighted by Gasteiger charge is 2.23. The summed E-state index contributed by atoms with van der Waals surface area (Å²) in [6, 6.07) is 4.12. The molecule has 3 N–H and O–H groups in total. The molecular formula is C13H18N2O2. The largest absolute Gasteiger partial charge is 0.483 e. The summed E-state index contributed by atoms with van der Waals surface area (Å²) in [4.78, 5) is 11.5. The lowest BCUT2D eigenvalue weighted by Gasteiger charge is -2.13. The van der Waals surface area contributed by atoms with E-state index in [1.807, 2.05) is 26.0 Å². The van der Waals surface area contributed by atoms with Gasteiger partial charge in [0.25, 0.3) is 5.91 Å². The van der Waals surface area contributed by atoms with Crippen LogP contribution in [0.3, 0.4) is 0 Å². The van der Waals surface area contributed by atoms with E-state index in [0.29, 0.717) is 11.7 Å². The Morgan fingerprint density at radius 3 is 2.82 bits per heavy atom. The molecule has 1 aromatic carbocycles. The van der Waals surface area contributed by atoms with Gasteiger partial charge < -0.3 is 15.8 Å². The lowest BCUT2D eigenvalue weighted by molar-refractivity contribution is -0.123. The molecular weight excluding hydrogens is 216 g/mol. The first-order chi connectivity index (χ1) is 8.08. The number of nitrogens with one attached hydrogen (secondary N) is 1. The van der Waals surface area contributed by atoms with Gasteiger partial charge >= 0.3 is 0 Å². The number of rotatable bonds is 4. The third-order valence-electron chi connectivity index (χ3n) is 2.93. The highest BCUT2D eigenvalue weighted by molar-refractivity contribution is 5.78. The van der Waals surface area contributed by atoms with Crippen LogP contribution in [0.2, 0.25) is 0 Å². The standard InChI is InChI=1S/C13H18N2O2/c1-8-3-6-11(14)9(2)13(8)17-7-12(16)15-10-4-5-10/h3,6,10H,4-5,7,14H2,1-2H3,(H,15,16). The summed E-state index contributed by atoms with van der Waals surface area (Å²) in [5, 5.41) is 2.88. The van der Waals surface area contributed by atoms with Crippen molar-refractivity contribution in [3.8, 4) is 5.75 Å². The van der Waals surface area contributed by atoms with Crippen LogP contribution in [0.15, 0.2) is 12.1 Å². The van der Waals surface area contributed by atoms with Gasteiger partial charge in [-0.25, -0.2) is 0 Å². The zero-order chi connectivity index (χ0) is 12.4. The third kappa shape index (κ3) is 2.90. The Labute approximate surface area is 101 Å². The summed E-state index contributed by atoms with van der Waals surface area (Å²) >= 11 is 0. The van der Waals surface area contributed by atoms with Crippen molar-refractivity contribution >= 4 is 11.6 Å². The molecule has 1 fully saturated rings. The Bertz CT molecular complexity index is 439. The van der Waals surface area contributed by atoms with Gasteiger partial charge in [0, 0.05) is 17.3 Å². The monoisotopic (exact) mass is 234 g/mol. The molecule has 1 aliphatic rings. The molecule has 1 aliphatic carbocycles. The number of carbonyl (C=O) groups excluding carboxylic acids is 1. The normalized spacial score (nSPS) is 14.5. The summed E-state index contributed by atoms with van der Waals surface area (Å²) in [5.74, 6) is 0.657. The van der Waals surface area contributed by atoms with E-state index in [-0.39, 0.29) is 12.5 Å². The average Bonchev–Trinajstić information content (AvgIpc) is 3.07. The van der Waals surface area contributed by atoms with Gasteiger partial charge in [0.2, 0.25) is 0 Å². The molecule has 4 heteroatoms. The number of carbonyl (C=O) groups is 1. The molecule has 0 saturated heterocycles. The first-order valence-electron chi connectivity index (χ1n) is 5.86. The predicted octanol–water partition coefficient (Wildman–Crippen LogP) is 1.54. The number of anilines is 1. The van der Waals surface area contributed by atoms with Crippen LogP contribution in [0.1, 0.15) is 24.0 Å². The molecule has 0 radical (unpaired) electrons. The van der Waals surface area contributed by atoms with E-state index in [0.717, 1.165) is 29.7 Å². The van der Waals surface area contributed by atoms with E-state index in [9.17, 15) is 4.79 Å². The minimum absolute atomic E-state index is 0.0572. The molecule has 17 heavy (non-hydrogen) atoms. The summed E-state index contributed by atoms with van der Waals surface area (Å²) in [7, 11) is 0. The van der Waals surface area contributed by atoms with Crippen LogP contribution in [-0.2, 0) is 4.79 Å². The fourth-order valence-electron chi connectivity index (χ4n) is 1.70. The SMILES string of the molecule is Cc1ccc(N)c(C)c1OCC(=O)NC1CC1. The van der Waals surface area contributed by atoms with Gasteiger partial charge in [0.05, 0.1) is 0 Å². The van der Waals surface area contributed by atoms with Crippen LogP contribution in [0.4, 0.5) is 5.69 Å². The lowest BCUT2D eigenvalue weighted by atomic mass is 10.1. The molecule has 0 atom stereocenters. The maximum absolute atomic E-state index is 11.5. The Morgan fingerprint density at radius 1 is 1.47 bits per heavy atom. The highest BCUT2D eigenvalue weighted by Crippen LogP contribution is 2.27. The molecule has 0 heterocycles. The predicted molar refractivity (Wildman–Crippen MR) is 67.0 cm³/mol. The molecule has 1 saturated carbocycles. The van der Waals surface area contributed by atoms with E-state index in [2.05, 4.69) is 5.32 Å². The molecule has 1 aromatic rings. The molecule has 92 valence electrons. The molecule has 0 aliphatic heterocycles. The molecule has 1 amide bonds. The maximum Gasteiger partial charge on any atom is 0.258 e. The molecule has 0 bridgehead atoms. The number of nitrogen functional groups attached to an aromatic ring is 1. The Kier molecular flexibility index (Phi) is 3.22. The lowest BCUT2D eigenvalue weighted by Crippen LogP contribution is -2.30. The zero-order valence-corrected chi connectivity index (χ0v) is 10.2. The number of hydrogen-bond donors (Lipinski definition) is 2. The zero-order valence-electron chi connectivity index (χ0n) is 10.2. The second-order valence-corrected chi connectivity index (χ2v) is 4.56. The maximum atomic E-state index is 11.5. The average molecular weight is 234 g/mol. The number of aryl methyl sites for hydroxylation is 1. The first-order valence-corrected chi connectivity index (χ1v) is 5.86. The van der Waals surface area contributed by atoms with E-state index in [1.54, 1.807) is 0 Å². The second kappa shape index (κ2) is 4.65. The fraction of sp³-hybridized carbons (Fsp3) is 0.462. The number of nitrogens with two attached hydrogens (primary N) is 1. The van der Waals surface area contributed by atoms with Gasteiger partial charge in [-0.1, -0.05) is 6.07 Å². The second-order valence-electron chi connectivity index (χ2n) is 4.56. The number of hydrogen-bond acceptors (Lipinski definition) is 3. The molecule has 0 spiro atoms. The van der Waals surface area contributed by atoms with Crippen LogP contribution in [-0.4, -0.2) is 18.6 Å². The Morgan fingerprint density at radius 2 is 2.18 bits per heavy atom. The van der Waals surface area contributed by atoms with Crippen molar-refractivity contribution in [2.45, 2.75) is 32.7 Å². The summed E-state index contributed by atoms with van der Waals surface area (Å²) < 4.78 is 5.55. The minimum atomic E-state index is -0.0614. The Hall–Kier alpha value is -1.71. The van der Waals surface area contributed by atoms with Crippen LogP contribution in [0.25, 0.3) is 0 Å². The van der Waals surface area contributed by atoms with Gasteiger partial charge in [-0.3, -0.25) is 4.79 Å². The van der Waals surface area contributed by atoms with Crippen molar-refractivity contribution in [1.82, 2.24) is 5.32 Å². The van der Waals surface area contributed by atoms with Crippen molar-refractivity contribution < 1.29 is 9.53 Å². The van der Waals surface area contributed by atoms with Crippen LogP contribution < -0.4 is 15.8 Å². The summed E-state index contributed by atoms with van der Waals surface area (Å²) in [6.45, 7) is 3.90. The molecule has 2 rings (SSSR count). The van der Waals surface area contributed by atoms with E-state index >= 15 is 0 Å². The molecule has 4 nitrogen and oxygen atoms in total. The van der Waals surface area contributed by atoms with E-state index < -0.39 is 0 Å². The Balaban J connectivity index is 1.97. The quantitative estimate of drug-likeness (QED) is 0.777. The van der Waals surface area contributed by atoms with Crippen LogP contribution >= 0.6 is 0 Å². The number of benzene rings is 1. The van der Waals surface area contributed by atoms with Crippen LogP contribution in [0, 0.1) is 13.8 Å². The topological polar surface area (TPSA) is 64.3 Å². The summed E-state index contributed by atoms with van der Waals surface area (Å²) in [6.07, 6.45) is 2.17. The number of amides is 1. The van der Waals surface area contributed by atoms with Crippen molar-refractivity contribution in [3.05, 3.63) is 23.3 Å². The fourth-order valence-corrected chi connectivity index (χ4v) is 1.70. The van der Waals surface area contributed by atoms with Crippen LogP contribution in [0.5, 0.6) is 5.75 Å². The van der Waals surface area contributed by atoms with Gasteiger partial charge in [0.15, 0.2) is 6.61 Å². The van der Waals surface area contributed by atoms with Gasteiger partial charge in [-0.05, 0) is 38.3 Å². The van der Waals surface area contributed by atoms with Crippen molar-refractivity contribution in [2.24, 2.45) is 0 Å². The van der Waals surface area contributed by atoms with E-state index in [4.69, 9.17) is 10.5 Å². The third-order valence-corrected chi connectivity index (χ3v) is 2.93. The van der Waals surface area contributed by atoms with Crippen molar-refractivity contribution in [3.63, 3.8) is 0 Å². The number of ether oxygens (including phenoxy) is 1.